The molecule has 1 aromatic rings. The van der Waals surface area contributed by atoms with Crippen LogP contribution in [0.4, 0.5) is 5.82 Å². The summed E-state index contributed by atoms with van der Waals surface area (Å²) in [6.07, 6.45) is 0.843. The van der Waals surface area contributed by atoms with Crippen molar-refractivity contribution in [1.29, 1.82) is 0 Å². The molecule has 0 aliphatic carbocycles. The lowest BCUT2D eigenvalue weighted by Gasteiger charge is -2.29. The van der Waals surface area contributed by atoms with Crippen molar-refractivity contribution >= 4 is 29.0 Å². The van der Waals surface area contributed by atoms with Crippen molar-refractivity contribution in [2.24, 2.45) is 0 Å². The van der Waals surface area contributed by atoms with E-state index in [-0.39, 0.29) is 5.54 Å². The van der Waals surface area contributed by atoms with Gasteiger partial charge in [-0.1, -0.05) is 6.92 Å². The molecule has 0 aromatic carbocycles. The molecule has 1 N–H and O–H groups in total. The topological polar surface area (TPSA) is 37.8 Å². The highest BCUT2D eigenvalue weighted by atomic mass is 35.5. The monoisotopic (exact) mass is 247 g/mol. The molecule has 0 bridgehead atoms. The summed E-state index contributed by atoms with van der Waals surface area (Å²) in [4.78, 5) is 0. The van der Waals surface area contributed by atoms with E-state index in [2.05, 4.69) is 15.5 Å². The van der Waals surface area contributed by atoms with Crippen LogP contribution >= 0.6 is 23.2 Å². The first-order valence-electron chi connectivity index (χ1n) is 4.86. The molecule has 15 heavy (non-hydrogen) atoms. The molecule has 0 fully saturated rings. The molecule has 0 radical (unpaired) electrons. The van der Waals surface area contributed by atoms with Gasteiger partial charge in [-0.2, -0.15) is 5.10 Å². The van der Waals surface area contributed by atoms with Crippen molar-refractivity contribution in [2.75, 3.05) is 17.1 Å². The van der Waals surface area contributed by atoms with Gasteiger partial charge in [0.05, 0.1) is 11.2 Å². The molecule has 0 aliphatic rings. The second-order valence-corrected chi connectivity index (χ2v) is 4.12. The fraction of sp³-hybridized carbons (Fsp3) is 0.600. The number of aryl methyl sites for hydroxylation is 1. The minimum atomic E-state index is -0.299. The average molecular weight is 248 g/mol. The lowest BCUT2D eigenvalue weighted by molar-refractivity contribution is 0.556. The third-order valence-corrected chi connectivity index (χ3v) is 3.40. The Kier molecular flexibility index (Phi) is 4.61. The Hall–Kier alpha value is -0.540. The quantitative estimate of drug-likeness (QED) is 0.814. The second kappa shape index (κ2) is 5.52. The van der Waals surface area contributed by atoms with Crippen molar-refractivity contribution in [3.8, 4) is 0 Å². The number of hydrogen-bond acceptors (Lipinski definition) is 3. The van der Waals surface area contributed by atoms with Crippen LogP contribution in [0.25, 0.3) is 0 Å². The van der Waals surface area contributed by atoms with Gasteiger partial charge in [0.1, 0.15) is 5.82 Å². The SMILES string of the molecule is CCC(CCl)(CCl)Nc1ccc(C)nn1. The van der Waals surface area contributed by atoms with E-state index in [1.165, 1.54) is 0 Å². The highest BCUT2D eigenvalue weighted by Gasteiger charge is 2.26. The van der Waals surface area contributed by atoms with Crippen molar-refractivity contribution in [3.05, 3.63) is 17.8 Å². The van der Waals surface area contributed by atoms with Gasteiger partial charge in [-0.15, -0.1) is 28.3 Å². The van der Waals surface area contributed by atoms with Gasteiger partial charge < -0.3 is 5.32 Å². The smallest absolute Gasteiger partial charge is 0.149 e. The van der Waals surface area contributed by atoms with Crippen LogP contribution in [-0.4, -0.2) is 27.5 Å². The molecular weight excluding hydrogens is 233 g/mol. The van der Waals surface area contributed by atoms with E-state index < -0.39 is 0 Å². The Bertz CT molecular complexity index is 288. The van der Waals surface area contributed by atoms with E-state index in [1.807, 2.05) is 26.0 Å². The fourth-order valence-electron chi connectivity index (χ4n) is 1.12. The van der Waals surface area contributed by atoms with Gasteiger partial charge in [0.15, 0.2) is 0 Å². The molecule has 0 saturated carbocycles. The van der Waals surface area contributed by atoms with Crippen LogP contribution in [0, 0.1) is 6.92 Å². The summed E-state index contributed by atoms with van der Waals surface area (Å²) in [5.41, 5.74) is 0.590. The number of halogens is 2. The molecule has 5 heteroatoms. The first-order valence-corrected chi connectivity index (χ1v) is 5.93. The Balaban J connectivity index is 2.78. The predicted molar refractivity (Wildman–Crippen MR) is 64.9 cm³/mol. The van der Waals surface area contributed by atoms with Crippen molar-refractivity contribution in [1.82, 2.24) is 10.2 Å². The zero-order chi connectivity index (χ0) is 11.3. The van der Waals surface area contributed by atoms with Gasteiger partial charge in [0, 0.05) is 11.8 Å². The minimum Gasteiger partial charge on any atom is -0.361 e. The molecule has 0 aliphatic heterocycles. The third-order valence-electron chi connectivity index (χ3n) is 2.38. The zero-order valence-electron chi connectivity index (χ0n) is 8.93. The fourth-order valence-corrected chi connectivity index (χ4v) is 1.91. The molecular formula is C10H15Cl2N3. The summed E-state index contributed by atoms with van der Waals surface area (Å²) in [5.74, 6) is 1.61. The van der Waals surface area contributed by atoms with Gasteiger partial charge >= 0.3 is 0 Å². The first kappa shape index (κ1) is 12.5. The highest BCUT2D eigenvalue weighted by Crippen LogP contribution is 2.20. The summed E-state index contributed by atoms with van der Waals surface area (Å²) in [7, 11) is 0. The lowest BCUT2D eigenvalue weighted by atomic mass is 10.0. The molecule has 0 atom stereocenters. The van der Waals surface area contributed by atoms with Crippen LogP contribution in [-0.2, 0) is 0 Å². The number of rotatable bonds is 5. The van der Waals surface area contributed by atoms with E-state index >= 15 is 0 Å². The largest absolute Gasteiger partial charge is 0.361 e. The zero-order valence-corrected chi connectivity index (χ0v) is 10.4. The van der Waals surface area contributed by atoms with Crippen LogP contribution in [0.1, 0.15) is 19.0 Å². The normalized spacial score (nSPS) is 11.5. The average Bonchev–Trinajstić information content (AvgIpc) is 2.29. The summed E-state index contributed by atoms with van der Waals surface area (Å²) < 4.78 is 0. The molecule has 3 nitrogen and oxygen atoms in total. The molecule has 0 unspecified atom stereocenters. The van der Waals surface area contributed by atoms with Crippen LogP contribution in [0.3, 0.4) is 0 Å². The summed E-state index contributed by atoms with van der Waals surface area (Å²) in [5, 5.41) is 11.2. The van der Waals surface area contributed by atoms with Gasteiger partial charge in [-0.25, -0.2) is 0 Å². The number of hydrogen-bond donors (Lipinski definition) is 1. The van der Waals surface area contributed by atoms with Crippen molar-refractivity contribution in [3.63, 3.8) is 0 Å². The van der Waals surface area contributed by atoms with Gasteiger partial charge in [0.25, 0.3) is 0 Å². The van der Waals surface area contributed by atoms with Crippen LogP contribution < -0.4 is 5.32 Å². The Morgan fingerprint density at radius 1 is 1.27 bits per heavy atom. The van der Waals surface area contributed by atoms with E-state index in [0.29, 0.717) is 17.6 Å². The molecule has 1 heterocycles. The highest BCUT2D eigenvalue weighted by molar-refractivity contribution is 6.22. The Labute approximate surface area is 100 Å². The Morgan fingerprint density at radius 3 is 2.33 bits per heavy atom. The molecule has 1 rings (SSSR count). The van der Waals surface area contributed by atoms with E-state index in [0.717, 1.165) is 12.1 Å². The number of aromatic nitrogens is 2. The van der Waals surface area contributed by atoms with Crippen molar-refractivity contribution in [2.45, 2.75) is 25.8 Å². The molecule has 0 amide bonds. The number of anilines is 1. The maximum absolute atomic E-state index is 5.91. The molecule has 84 valence electrons. The summed E-state index contributed by atoms with van der Waals surface area (Å²) in [6.45, 7) is 3.94. The molecule has 0 saturated heterocycles. The van der Waals surface area contributed by atoms with Crippen LogP contribution in [0.15, 0.2) is 12.1 Å². The Morgan fingerprint density at radius 2 is 1.93 bits per heavy atom. The molecule has 0 spiro atoms. The van der Waals surface area contributed by atoms with Gasteiger partial charge in [0.2, 0.25) is 0 Å². The van der Waals surface area contributed by atoms with Gasteiger partial charge in [-0.3, -0.25) is 0 Å². The summed E-state index contributed by atoms with van der Waals surface area (Å²) in [6, 6.07) is 3.78. The maximum atomic E-state index is 5.91. The standard InChI is InChI=1S/C10H15Cl2N3/c1-3-10(6-11,7-12)13-9-5-4-8(2)14-15-9/h4-5H,3,6-7H2,1-2H3,(H,13,15). The summed E-state index contributed by atoms with van der Waals surface area (Å²) >= 11 is 11.8. The minimum absolute atomic E-state index is 0.299. The van der Waals surface area contributed by atoms with Crippen molar-refractivity contribution < 1.29 is 0 Å². The van der Waals surface area contributed by atoms with Crippen LogP contribution in [0.2, 0.25) is 0 Å². The van der Waals surface area contributed by atoms with E-state index in [9.17, 15) is 0 Å². The van der Waals surface area contributed by atoms with Crippen LogP contribution in [0.5, 0.6) is 0 Å². The third kappa shape index (κ3) is 3.21. The first-order chi connectivity index (χ1) is 7.15. The number of alkyl halides is 2. The number of nitrogens with one attached hydrogen (secondary N) is 1. The van der Waals surface area contributed by atoms with E-state index in [4.69, 9.17) is 23.2 Å². The lowest BCUT2D eigenvalue weighted by Crippen LogP contribution is -2.42. The maximum Gasteiger partial charge on any atom is 0.149 e. The molecule has 1 aromatic heterocycles. The van der Waals surface area contributed by atoms with Gasteiger partial charge in [-0.05, 0) is 25.5 Å². The predicted octanol–water partition coefficient (Wildman–Crippen LogP) is 2.82. The van der Waals surface area contributed by atoms with E-state index in [1.54, 1.807) is 0 Å². The number of nitrogens with zero attached hydrogens (tertiary/aromatic N) is 2. The second-order valence-electron chi connectivity index (χ2n) is 3.59.